The summed E-state index contributed by atoms with van der Waals surface area (Å²) in [5, 5.41) is 1.09. The van der Waals surface area contributed by atoms with E-state index in [0.717, 1.165) is 5.16 Å². The first-order valence-corrected chi connectivity index (χ1v) is 7.31. The van der Waals surface area contributed by atoms with Crippen molar-refractivity contribution in [2.24, 2.45) is 7.05 Å². The highest BCUT2D eigenvalue weighted by Gasteiger charge is 2.17. The van der Waals surface area contributed by atoms with Gasteiger partial charge >= 0.3 is 5.69 Å². The first kappa shape index (κ1) is 14.6. The highest BCUT2D eigenvalue weighted by molar-refractivity contribution is 7.99. The molecule has 2 aromatic rings. The van der Waals surface area contributed by atoms with Crippen LogP contribution in [0, 0.1) is 0 Å². The van der Waals surface area contributed by atoms with E-state index in [1.54, 1.807) is 18.8 Å². The lowest BCUT2D eigenvalue weighted by Gasteiger charge is -2.07. The first-order chi connectivity index (χ1) is 9.45. The largest absolute Gasteiger partial charge is 0.329 e. The van der Waals surface area contributed by atoms with Gasteiger partial charge in [0.1, 0.15) is 0 Å². The molecule has 0 aliphatic rings. The van der Waals surface area contributed by atoms with E-state index in [2.05, 4.69) is 23.8 Å². The molecule has 0 spiro atoms. The quantitative estimate of drug-likeness (QED) is 0.685. The third-order valence-electron chi connectivity index (χ3n) is 2.84. The third-order valence-corrected chi connectivity index (χ3v) is 3.83. The van der Waals surface area contributed by atoms with Crippen LogP contribution in [-0.4, -0.2) is 24.4 Å². The number of thioether (sulfide) groups is 1. The van der Waals surface area contributed by atoms with Gasteiger partial charge in [0, 0.05) is 18.8 Å². The van der Waals surface area contributed by atoms with Crippen LogP contribution in [0.25, 0.3) is 11.2 Å². The van der Waals surface area contributed by atoms with Crippen molar-refractivity contribution in [2.75, 3.05) is 0 Å². The van der Waals surface area contributed by atoms with Crippen LogP contribution in [0.2, 0.25) is 0 Å². The number of aromatic nitrogens is 4. The van der Waals surface area contributed by atoms with Gasteiger partial charge in [0.25, 0.3) is 5.56 Å². The molecule has 0 saturated carbocycles. The molecule has 2 heterocycles. The van der Waals surface area contributed by atoms with Crippen molar-refractivity contribution in [3.63, 3.8) is 0 Å². The SMILES string of the molecule is C/C=C/Cn1c(SC(C)C)nc2c1c(=O)[nH]c(=O)n2C. The van der Waals surface area contributed by atoms with E-state index in [9.17, 15) is 9.59 Å². The number of H-pyrrole nitrogens is 1. The number of imidazole rings is 1. The van der Waals surface area contributed by atoms with Crippen molar-refractivity contribution in [3.05, 3.63) is 33.0 Å². The summed E-state index contributed by atoms with van der Waals surface area (Å²) in [5.41, 5.74) is 0.0229. The molecule has 6 nitrogen and oxygen atoms in total. The number of rotatable bonds is 4. The lowest BCUT2D eigenvalue weighted by atomic mass is 10.4. The number of allylic oxidation sites excluding steroid dienone is 2. The number of nitrogens with zero attached hydrogens (tertiary/aromatic N) is 3. The zero-order valence-corrected chi connectivity index (χ0v) is 12.8. The van der Waals surface area contributed by atoms with Crippen molar-refractivity contribution < 1.29 is 0 Å². The Balaban J connectivity index is 2.78. The normalized spacial score (nSPS) is 12.1. The van der Waals surface area contributed by atoms with Gasteiger partial charge in [-0.25, -0.2) is 9.78 Å². The number of hydrogen-bond acceptors (Lipinski definition) is 4. The highest BCUT2D eigenvalue weighted by Crippen LogP contribution is 2.24. The molecule has 0 amide bonds. The number of nitrogens with one attached hydrogen (secondary N) is 1. The summed E-state index contributed by atoms with van der Waals surface area (Å²) in [6.07, 6.45) is 3.88. The van der Waals surface area contributed by atoms with Gasteiger partial charge in [-0.2, -0.15) is 0 Å². The van der Waals surface area contributed by atoms with Gasteiger partial charge in [-0.05, 0) is 6.92 Å². The monoisotopic (exact) mass is 294 g/mol. The molecule has 1 N–H and O–H groups in total. The third kappa shape index (κ3) is 2.58. The van der Waals surface area contributed by atoms with Crippen LogP contribution in [0.4, 0.5) is 0 Å². The summed E-state index contributed by atoms with van der Waals surface area (Å²) in [6, 6.07) is 0. The van der Waals surface area contributed by atoms with Gasteiger partial charge in [-0.15, -0.1) is 0 Å². The fourth-order valence-corrected chi connectivity index (χ4v) is 2.75. The molecule has 0 saturated heterocycles. The van der Waals surface area contributed by atoms with Crippen molar-refractivity contribution in [2.45, 2.75) is 37.7 Å². The van der Waals surface area contributed by atoms with Crippen molar-refractivity contribution in [1.29, 1.82) is 0 Å². The summed E-state index contributed by atoms with van der Waals surface area (Å²) in [5.74, 6) is 0. The number of aromatic amines is 1. The minimum absolute atomic E-state index is 0.340. The average molecular weight is 294 g/mol. The minimum Gasteiger partial charge on any atom is -0.309 e. The molecule has 0 fully saturated rings. The predicted octanol–water partition coefficient (Wildman–Crippen LogP) is 1.50. The summed E-state index contributed by atoms with van der Waals surface area (Å²) >= 11 is 1.57. The van der Waals surface area contributed by atoms with Gasteiger partial charge in [-0.3, -0.25) is 14.3 Å². The lowest BCUT2D eigenvalue weighted by Crippen LogP contribution is -2.29. The fraction of sp³-hybridized carbons (Fsp3) is 0.462. The van der Waals surface area contributed by atoms with Crippen molar-refractivity contribution in [3.8, 4) is 0 Å². The standard InChI is InChI=1S/C13H18N4O2S/c1-5-6-7-17-9-10(14-13(17)20-8(2)3)16(4)12(19)15-11(9)18/h5-6,8H,7H2,1-4H3,(H,15,18,19)/b6-5+. The number of aryl methyl sites for hydroxylation is 1. The van der Waals surface area contributed by atoms with Gasteiger partial charge in [0.05, 0.1) is 0 Å². The molecule has 108 valence electrons. The van der Waals surface area contributed by atoms with E-state index < -0.39 is 11.2 Å². The molecule has 2 aromatic heterocycles. The Morgan fingerprint density at radius 2 is 2.10 bits per heavy atom. The molecule has 0 aliphatic heterocycles. The molecular weight excluding hydrogens is 276 g/mol. The van der Waals surface area contributed by atoms with Gasteiger partial charge < -0.3 is 4.57 Å². The van der Waals surface area contributed by atoms with E-state index in [1.165, 1.54) is 4.57 Å². The average Bonchev–Trinajstić information content (AvgIpc) is 2.72. The molecule has 7 heteroatoms. The van der Waals surface area contributed by atoms with Crippen LogP contribution in [0.3, 0.4) is 0 Å². The van der Waals surface area contributed by atoms with E-state index >= 15 is 0 Å². The molecule has 0 radical (unpaired) electrons. The molecule has 20 heavy (non-hydrogen) atoms. The van der Waals surface area contributed by atoms with Crippen LogP contribution in [0.5, 0.6) is 0 Å². The Labute approximate surface area is 120 Å². The summed E-state index contributed by atoms with van der Waals surface area (Å²) in [4.78, 5) is 30.5. The van der Waals surface area contributed by atoms with Crippen LogP contribution in [0.15, 0.2) is 26.9 Å². The van der Waals surface area contributed by atoms with E-state index in [4.69, 9.17) is 0 Å². The molecule has 0 aliphatic carbocycles. The van der Waals surface area contributed by atoms with Crippen LogP contribution in [-0.2, 0) is 13.6 Å². The molecule has 0 bridgehead atoms. The number of hydrogen-bond donors (Lipinski definition) is 1. The summed E-state index contributed by atoms with van der Waals surface area (Å²) in [6.45, 7) is 6.61. The number of fused-ring (bicyclic) bond motifs is 1. The van der Waals surface area contributed by atoms with Gasteiger partial charge in [-0.1, -0.05) is 37.8 Å². The molecule has 0 atom stereocenters. The van der Waals surface area contributed by atoms with E-state index in [0.29, 0.717) is 23.0 Å². The second-order valence-corrected chi connectivity index (χ2v) is 6.27. The maximum absolute atomic E-state index is 12.1. The van der Waals surface area contributed by atoms with Crippen LogP contribution < -0.4 is 11.2 Å². The smallest absolute Gasteiger partial charge is 0.309 e. The Kier molecular flexibility index (Phi) is 4.17. The van der Waals surface area contributed by atoms with E-state index in [-0.39, 0.29) is 0 Å². The first-order valence-electron chi connectivity index (χ1n) is 6.43. The Bertz CT molecular complexity index is 767. The van der Waals surface area contributed by atoms with Crippen molar-refractivity contribution in [1.82, 2.24) is 19.1 Å². The summed E-state index contributed by atoms with van der Waals surface area (Å²) in [7, 11) is 1.61. The maximum Gasteiger partial charge on any atom is 0.329 e. The predicted molar refractivity (Wildman–Crippen MR) is 81.4 cm³/mol. The van der Waals surface area contributed by atoms with Gasteiger partial charge in [0.15, 0.2) is 16.3 Å². The zero-order valence-electron chi connectivity index (χ0n) is 12.0. The lowest BCUT2D eigenvalue weighted by molar-refractivity contribution is 0.741. The molecule has 0 aromatic carbocycles. The maximum atomic E-state index is 12.1. The van der Waals surface area contributed by atoms with Crippen molar-refractivity contribution >= 4 is 22.9 Å². The summed E-state index contributed by atoms with van der Waals surface area (Å²) < 4.78 is 3.21. The molecule has 2 rings (SSSR count). The second kappa shape index (κ2) is 5.70. The molecular formula is C13H18N4O2S. The Morgan fingerprint density at radius 1 is 1.40 bits per heavy atom. The van der Waals surface area contributed by atoms with Crippen LogP contribution in [0.1, 0.15) is 20.8 Å². The van der Waals surface area contributed by atoms with E-state index in [1.807, 2.05) is 23.6 Å². The second-order valence-electron chi connectivity index (χ2n) is 4.73. The Hall–Kier alpha value is -1.76. The highest BCUT2D eigenvalue weighted by atomic mass is 32.2. The van der Waals surface area contributed by atoms with Gasteiger partial charge in [0.2, 0.25) is 0 Å². The van der Waals surface area contributed by atoms with Crippen LogP contribution >= 0.6 is 11.8 Å². The Morgan fingerprint density at radius 3 is 2.70 bits per heavy atom. The molecule has 0 unspecified atom stereocenters. The topological polar surface area (TPSA) is 72.7 Å². The fourth-order valence-electron chi connectivity index (χ4n) is 1.90. The zero-order chi connectivity index (χ0) is 14.9. The minimum atomic E-state index is -0.445.